The molecule has 2 aliphatic heterocycles. The highest BCUT2D eigenvalue weighted by molar-refractivity contribution is 5.82. The van der Waals surface area contributed by atoms with Crippen molar-refractivity contribution in [2.75, 3.05) is 20.3 Å². The summed E-state index contributed by atoms with van der Waals surface area (Å²) in [5.41, 5.74) is 1.08. The summed E-state index contributed by atoms with van der Waals surface area (Å²) in [7, 11) is 2.14. The summed E-state index contributed by atoms with van der Waals surface area (Å²) >= 11 is 0. The van der Waals surface area contributed by atoms with Crippen LogP contribution in [0.4, 0.5) is 0 Å². The fraction of sp³-hybridized carbons (Fsp3) is 0.471. The molecule has 0 radical (unpaired) electrons. The molecule has 2 unspecified atom stereocenters. The van der Waals surface area contributed by atoms with Gasteiger partial charge in [0.1, 0.15) is 0 Å². The Morgan fingerprint density at radius 2 is 1.90 bits per heavy atom. The van der Waals surface area contributed by atoms with E-state index in [0.717, 1.165) is 16.5 Å². The lowest BCUT2D eigenvalue weighted by atomic mass is 9.76. The first kappa shape index (κ1) is 13.2. The Balaban J connectivity index is 1.81. The van der Waals surface area contributed by atoms with Gasteiger partial charge in [-0.1, -0.05) is 24.3 Å². The number of nitrogens with zero attached hydrogens (tertiary/aromatic N) is 2. The predicted molar refractivity (Wildman–Crippen MR) is 81.0 cm³/mol. The molecular formula is C17H20N2O2. The van der Waals surface area contributed by atoms with Crippen LogP contribution in [0.1, 0.15) is 18.4 Å². The van der Waals surface area contributed by atoms with E-state index in [1.54, 1.807) is 6.20 Å². The first-order chi connectivity index (χ1) is 10.2. The number of ether oxygens (including phenoxy) is 1. The first-order valence-corrected chi connectivity index (χ1v) is 7.54. The molecule has 21 heavy (non-hydrogen) atoms. The average molecular weight is 284 g/mol. The molecule has 0 amide bonds. The Labute approximate surface area is 124 Å². The predicted octanol–water partition coefficient (Wildman–Crippen LogP) is 1.92. The molecule has 110 valence electrons. The molecule has 2 aliphatic rings. The Morgan fingerprint density at radius 1 is 1.19 bits per heavy atom. The van der Waals surface area contributed by atoms with E-state index in [1.165, 1.54) is 0 Å². The van der Waals surface area contributed by atoms with Gasteiger partial charge in [0.15, 0.2) is 0 Å². The Bertz CT molecular complexity index is 653. The van der Waals surface area contributed by atoms with E-state index in [9.17, 15) is 5.11 Å². The van der Waals surface area contributed by atoms with Gasteiger partial charge in [-0.2, -0.15) is 0 Å². The molecule has 2 fully saturated rings. The van der Waals surface area contributed by atoms with Crippen LogP contribution in [0.15, 0.2) is 36.5 Å². The SMILES string of the molecule is CN1C2COCC1CC(O)(c1cccc3cccnc13)C2. The summed E-state index contributed by atoms with van der Waals surface area (Å²) < 4.78 is 5.66. The van der Waals surface area contributed by atoms with Crippen molar-refractivity contribution >= 4 is 10.9 Å². The van der Waals surface area contributed by atoms with Crippen LogP contribution in [0.2, 0.25) is 0 Å². The lowest BCUT2D eigenvalue weighted by Crippen LogP contribution is -2.59. The largest absolute Gasteiger partial charge is 0.385 e. The van der Waals surface area contributed by atoms with Gasteiger partial charge in [-0.3, -0.25) is 9.88 Å². The van der Waals surface area contributed by atoms with Crippen molar-refractivity contribution in [2.24, 2.45) is 0 Å². The number of aromatic nitrogens is 1. The molecule has 2 saturated heterocycles. The molecule has 2 aromatic rings. The summed E-state index contributed by atoms with van der Waals surface area (Å²) in [6.07, 6.45) is 3.21. The third kappa shape index (κ3) is 2.06. The zero-order chi connectivity index (χ0) is 14.4. The Morgan fingerprint density at radius 3 is 2.67 bits per heavy atom. The first-order valence-electron chi connectivity index (χ1n) is 7.54. The lowest BCUT2D eigenvalue weighted by molar-refractivity contribution is -0.137. The molecule has 1 aromatic heterocycles. The fourth-order valence-electron chi connectivity index (χ4n) is 3.84. The summed E-state index contributed by atoms with van der Waals surface area (Å²) in [5.74, 6) is 0. The number of aliphatic hydroxyl groups is 1. The van der Waals surface area contributed by atoms with Gasteiger partial charge in [0.25, 0.3) is 0 Å². The van der Waals surface area contributed by atoms with Crippen LogP contribution in [0.3, 0.4) is 0 Å². The van der Waals surface area contributed by atoms with E-state index in [-0.39, 0.29) is 12.1 Å². The number of fused-ring (bicyclic) bond motifs is 3. The summed E-state index contributed by atoms with van der Waals surface area (Å²) in [6.45, 7) is 1.40. The third-order valence-electron chi connectivity index (χ3n) is 5.05. The van der Waals surface area contributed by atoms with Gasteiger partial charge in [-0.15, -0.1) is 0 Å². The minimum Gasteiger partial charge on any atom is -0.385 e. The van der Waals surface area contributed by atoms with E-state index >= 15 is 0 Å². The highest BCUT2D eigenvalue weighted by Gasteiger charge is 2.46. The summed E-state index contributed by atoms with van der Waals surface area (Å²) in [5, 5.41) is 12.4. The minimum absolute atomic E-state index is 0.279. The molecule has 0 spiro atoms. The molecule has 2 atom stereocenters. The van der Waals surface area contributed by atoms with Crippen LogP contribution in [-0.2, 0) is 10.3 Å². The summed E-state index contributed by atoms with van der Waals surface area (Å²) in [6, 6.07) is 10.6. The quantitative estimate of drug-likeness (QED) is 0.869. The molecule has 4 heteroatoms. The maximum Gasteiger partial charge on any atom is 0.0949 e. The van der Waals surface area contributed by atoms with Crippen LogP contribution in [0.5, 0.6) is 0 Å². The zero-order valence-electron chi connectivity index (χ0n) is 12.2. The van der Waals surface area contributed by atoms with Crippen molar-refractivity contribution < 1.29 is 9.84 Å². The maximum absolute atomic E-state index is 11.3. The number of likely N-dealkylation sites (N-methyl/N-ethyl adjacent to an activating group) is 1. The number of hydrogen-bond acceptors (Lipinski definition) is 4. The van der Waals surface area contributed by atoms with Crippen LogP contribution in [-0.4, -0.2) is 47.3 Å². The molecule has 0 aliphatic carbocycles. The van der Waals surface area contributed by atoms with Gasteiger partial charge in [0, 0.05) is 29.2 Å². The van der Waals surface area contributed by atoms with E-state index in [1.807, 2.05) is 30.3 Å². The number of para-hydroxylation sites is 1. The Kier molecular flexibility index (Phi) is 2.99. The highest BCUT2D eigenvalue weighted by Crippen LogP contribution is 2.42. The van der Waals surface area contributed by atoms with E-state index in [2.05, 4.69) is 16.9 Å². The normalized spacial score (nSPS) is 33.2. The van der Waals surface area contributed by atoms with E-state index in [4.69, 9.17) is 4.74 Å². The second-order valence-corrected chi connectivity index (χ2v) is 6.33. The second-order valence-electron chi connectivity index (χ2n) is 6.33. The van der Waals surface area contributed by atoms with Crippen molar-refractivity contribution in [3.8, 4) is 0 Å². The van der Waals surface area contributed by atoms with Crippen molar-refractivity contribution in [2.45, 2.75) is 30.5 Å². The lowest BCUT2D eigenvalue weighted by Gasteiger charge is -2.50. The van der Waals surface area contributed by atoms with Crippen molar-refractivity contribution in [3.05, 3.63) is 42.1 Å². The number of hydrogen-bond donors (Lipinski definition) is 1. The number of piperidine rings is 1. The molecule has 0 saturated carbocycles. The van der Waals surface area contributed by atoms with E-state index in [0.29, 0.717) is 26.1 Å². The fourth-order valence-corrected chi connectivity index (χ4v) is 3.84. The second kappa shape index (κ2) is 4.77. The molecule has 4 nitrogen and oxygen atoms in total. The van der Waals surface area contributed by atoms with Crippen LogP contribution in [0, 0.1) is 0 Å². The van der Waals surface area contributed by atoms with E-state index < -0.39 is 5.60 Å². The minimum atomic E-state index is -0.806. The van der Waals surface area contributed by atoms with Gasteiger partial charge >= 0.3 is 0 Å². The number of pyridine rings is 1. The summed E-state index contributed by atoms with van der Waals surface area (Å²) in [4.78, 5) is 6.87. The Hall–Kier alpha value is -1.49. The highest BCUT2D eigenvalue weighted by atomic mass is 16.5. The monoisotopic (exact) mass is 284 g/mol. The molecule has 2 bridgehead atoms. The maximum atomic E-state index is 11.3. The standard InChI is InChI=1S/C17H20N2O2/c1-19-13-8-17(20,9-14(19)11-21-10-13)15-6-2-4-12-5-3-7-18-16(12)15/h2-7,13-14,20H,8-11H2,1H3. The van der Waals surface area contributed by atoms with Crippen LogP contribution in [0.25, 0.3) is 10.9 Å². The van der Waals surface area contributed by atoms with Crippen molar-refractivity contribution in [1.29, 1.82) is 0 Å². The zero-order valence-corrected chi connectivity index (χ0v) is 12.2. The molecule has 1 N–H and O–H groups in total. The van der Waals surface area contributed by atoms with Crippen molar-refractivity contribution in [3.63, 3.8) is 0 Å². The van der Waals surface area contributed by atoms with Crippen LogP contribution < -0.4 is 0 Å². The molecule has 3 heterocycles. The van der Waals surface area contributed by atoms with Gasteiger partial charge in [-0.25, -0.2) is 0 Å². The van der Waals surface area contributed by atoms with Gasteiger partial charge < -0.3 is 9.84 Å². The third-order valence-corrected chi connectivity index (χ3v) is 5.05. The number of morpholine rings is 1. The molecular weight excluding hydrogens is 264 g/mol. The number of benzene rings is 1. The van der Waals surface area contributed by atoms with Gasteiger partial charge in [-0.05, 0) is 26.0 Å². The topological polar surface area (TPSA) is 45.6 Å². The van der Waals surface area contributed by atoms with Gasteiger partial charge in [0.05, 0.1) is 24.3 Å². The smallest absolute Gasteiger partial charge is 0.0949 e. The van der Waals surface area contributed by atoms with Crippen LogP contribution >= 0.6 is 0 Å². The van der Waals surface area contributed by atoms with Crippen molar-refractivity contribution in [1.82, 2.24) is 9.88 Å². The molecule has 4 rings (SSSR count). The number of rotatable bonds is 1. The van der Waals surface area contributed by atoms with Gasteiger partial charge in [0.2, 0.25) is 0 Å². The molecule has 1 aromatic carbocycles. The average Bonchev–Trinajstić information content (AvgIpc) is 2.48.